The van der Waals surface area contributed by atoms with Gasteiger partial charge in [-0.2, -0.15) is 0 Å². The molecule has 0 radical (unpaired) electrons. The molecule has 2 aromatic rings. The van der Waals surface area contributed by atoms with Crippen molar-refractivity contribution < 1.29 is 19.9 Å². The van der Waals surface area contributed by atoms with Crippen molar-refractivity contribution in [3.8, 4) is 11.5 Å². The fourth-order valence-electron chi connectivity index (χ4n) is 1.58. The van der Waals surface area contributed by atoms with Gasteiger partial charge in [-0.1, -0.05) is 30.3 Å². The van der Waals surface area contributed by atoms with E-state index < -0.39 is 7.12 Å². The number of rotatable bonds is 4. The average molecular weight is 244 g/mol. The summed E-state index contributed by atoms with van der Waals surface area (Å²) in [5.74, 6) is 0.630. The molecule has 0 spiro atoms. The Morgan fingerprint density at radius 3 is 2.28 bits per heavy atom. The van der Waals surface area contributed by atoms with Crippen LogP contribution in [0.25, 0.3) is 0 Å². The largest absolute Gasteiger partial charge is 0.508 e. The van der Waals surface area contributed by atoms with Crippen LogP contribution in [0.2, 0.25) is 0 Å². The third-order valence-corrected chi connectivity index (χ3v) is 2.53. The van der Waals surface area contributed by atoms with Crippen molar-refractivity contribution in [2.24, 2.45) is 0 Å². The van der Waals surface area contributed by atoms with Crippen LogP contribution >= 0.6 is 0 Å². The normalized spacial score (nSPS) is 10.1. The Kier molecular flexibility index (Phi) is 3.87. The van der Waals surface area contributed by atoms with E-state index in [9.17, 15) is 10.0 Å². The van der Waals surface area contributed by atoms with E-state index in [4.69, 9.17) is 9.84 Å². The third-order valence-electron chi connectivity index (χ3n) is 2.53. The molecule has 0 unspecified atom stereocenters. The van der Waals surface area contributed by atoms with Gasteiger partial charge >= 0.3 is 7.12 Å². The zero-order valence-corrected chi connectivity index (χ0v) is 9.65. The van der Waals surface area contributed by atoms with Crippen LogP contribution in [-0.4, -0.2) is 22.3 Å². The Morgan fingerprint density at radius 2 is 1.61 bits per heavy atom. The van der Waals surface area contributed by atoms with E-state index >= 15 is 0 Å². The van der Waals surface area contributed by atoms with E-state index in [0.717, 1.165) is 5.56 Å². The number of phenolic OH excluding ortho intramolecular Hbond substituents is 1. The van der Waals surface area contributed by atoms with Crippen LogP contribution < -0.4 is 10.2 Å². The van der Waals surface area contributed by atoms with Crippen molar-refractivity contribution in [3.63, 3.8) is 0 Å². The van der Waals surface area contributed by atoms with Crippen LogP contribution in [0.1, 0.15) is 5.56 Å². The summed E-state index contributed by atoms with van der Waals surface area (Å²) in [5.41, 5.74) is 1.21. The predicted octanol–water partition coefficient (Wildman–Crippen LogP) is 0.651. The molecule has 0 atom stereocenters. The molecule has 0 bridgehead atoms. The number of benzene rings is 2. The van der Waals surface area contributed by atoms with Gasteiger partial charge in [-0.25, -0.2) is 0 Å². The molecule has 0 aliphatic rings. The molecule has 0 aliphatic carbocycles. The third kappa shape index (κ3) is 3.03. The van der Waals surface area contributed by atoms with Gasteiger partial charge in [-0.3, -0.25) is 0 Å². The van der Waals surface area contributed by atoms with Crippen molar-refractivity contribution in [2.45, 2.75) is 6.61 Å². The topological polar surface area (TPSA) is 69.9 Å². The predicted molar refractivity (Wildman–Crippen MR) is 68.7 cm³/mol. The summed E-state index contributed by atoms with van der Waals surface area (Å²) in [6, 6.07) is 13.4. The van der Waals surface area contributed by atoms with Gasteiger partial charge in [-0.05, 0) is 23.8 Å². The van der Waals surface area contributed by atoms with Crippen molar-refractivity contribution in [1.82, 2.24) is 0 Å². The highest BCUT2D eigenvalue weighted by atomic mass is 16.5. The van der Waals surface area contributed by atoms with Gasteiger partial charge in [0.15, 0.2) is 0 Å². The molecular formula is C13H13BO4. The lowest BCUT2D eigenvalue weighted by Crippen LogP contribution is -2.31. The molecule has 92 valence electrons. The van der Waals surface area contributed by atoms with Crippen LogP contribution in [0.4, 0.5) is 0 Å². The second-order valence-corrected chi connectivity index (χ2v) is 3.87. The van der Waals surface area contributed by atoms with Gasteiger partial charge in [-0.15, -0.1) is 0 Å². The second-order valence-electron chi connectivity index (χ2n) is 3.87. The van der Waals surface area contributed by atoms with E-state index in [0.29, 0.717) is 17.8 Å². The van der Waals surface area contributed by atoms with Gasteiger partial charge in [0.2, 0.25) is 0 Å². The summed E-state index contributed by atoms with van der Waals surface area (Å²) >= 11 is 0. The number of hydrogen-bond donors (Lipinski definition) is 3. The highest BCUT2D eigenvalue weighted by molar-refractivity contribution is 6.59. The first-order valence-electron chi connectivity index (χ1n) is 5.52. The van der Waals surface area contributed by atoms with Crippen molar-refractivity contribution in [2.75, 3.05) is 0 Å². The Morgan fingerprint density at radius 1 is 0.944 bits per heavy atom. The highest BCUT2D eigenvalue weighted by Crippen LogP contribution is 2.13. The maximum absolute atomic E-state index is 9.18. The van der Waals surface area contributed by atoms with E-state index in [1.807, 2.05) is 0 Å². The molecule has 5 heteroatoms. The minimum absolute atomic E-state index is 0.199. The van der Waals surface area contributed by atoms with Crippen LogP contribution in [0, 0.1) is 0 Å². The number of hydrogen-bond acceptors (Lipinski definition) is 4. The zero-order valence-electron chi connectivity index (χ0n) is 9.65. The quantitative estimate of drug-likeness (QED) is 0.690. The van der Waals surface area contributed by atoms with Gasteiger partial charge in [0.05, 0.1) is 0 Å². The molecule has 0 heterocycles. The van der Waals surface area contributed by atoms with Gasteiger partial charge in [0.25, 0.3) is 0 Å². The molecule has 0 saturated carbocycles. The molecule has 0 saturated heterocycles. The van der Waals surface area contributed by atoms with Gasteiger partial charge in [0, 0.05) is 5.46 Å². The summed E-state index contributed by atoms with van der Waals surface area (Å²) in [4.78, 5) is 0. The van der Waals surface area contributed by atoms with E-state index in [-0.39, 0.29) is 5.75 Å². The Labute approximate surface area is 105 Å². The second kappa shape index (κ2) is 5.57. The standard InChI is InChI=1S/C13H13BO4/c15-11-7-5-10(6-8-11)9-18-13-4-2-1-3-12(13)14(16)17/h1-8,15-17H,9H2. The number of phenols is 1. The first kappa shape index (κ1) is 12.5. The summed E-state index contributed by atoms with van der Waals surface area (Å²) in [6.45, 7) is 0.296. The van der Waals surface area contributed by atoms with Gasteiger partial charge < -0.3 is 19.9 Å². The van der Waals surface area contributed by atoms with Crippen LogP contribution in [0.3, 0.4) is 0 Å². The molecule has 4 nitrogen and oxygen atoms in total. The highest BCUT2D eigenvalue weighted by Gasteiger charge is 2.16. The SMILES string of the molecule is OB(O)c1ccccc1OCc1ccc(O)cc1. The lowest BCUT2D eigenvalue weighted by Gasteiger charge is -2.10. The summed E-state index contributed by atoms with van der Waals surface area (Å²) < 4.78 is 5.52. The maximum atomic E-state index is 9.18. The molecule has 18 heavy (non-hydrogen) atoms. The van der Waals surface area contributed by atoms with E-state index in [2.05, 4.69) is 0 Å². The number of aromatic hydroxyl groups is 1. The van der Waals surface area contributed by atoms with Crippen LogP contribution in [0.5, 0.6) is 11.5 Å². The minimum Gasteiger partial charge on any atom is -0.508 e. The molecule has 0 fully saturated rings. The monoisotopic (exact) mass is 244 g/mol. The van der Waals surface area contributed by atoms with Crippen LogP contribution in [-0.2, 0) is 6.61 Å². The molecule has 0 amide bonds. The molecule has 3 N–H and O–H groups in total. The summed E-state index contributed by atoms with van der Waals surface area (Å²) in [6.07, 6.45) is 0. The first-order valence-corrected chi connectivity index (χ1v) is 5.52. The Bertz CT molecular complexity index is 511. The minimum atomic E-state index is -1.55. The number of para-hydroxylation sites is 1. The molecule has 0 aliphatic heterocycles. The summed E-state index contributed by atoms with van der Waals surface area (Å²) in [5, 5.41) is 27.5. The molecule has 2 rings (SSSR count). The van der Waals surface area contributed by atoms with Crippen molar-refractivity contribution >= 4 is 12.6 Å². The number of ether oxygens (including phenoxy) is 1. The lowest BCUT2D eigenvalue weighted by molar-refractivity contribution is 0.306. The first-order chi connectivity index (χ1) is 8.66. The van der Waals surface area contributed by atoms with E-state index in [1.165, 1.54) is 0 Å². The zero-order chi connectivity index (χ0) is 13.0. The molecule has 0 aromatic heterocycles. The Hall–Kier alpha value is -1.98. The Balaban J connectivity index is 2.08. The lowest BCUT2D eigenvalue weighted by atomic mass is 9.79. The molecular weight excluding hydrogens is 231 g/mol. The van der Waals surface area contributed by atoms with Gasteiger partial charge in [0.1, 0.15) is 18.1 Å². The summed E-state index contributed by atoms with van der Waals surface area (Å²) in [7, 11) is -1.55. The van der Waals surface area contributed by atoms with Crippen molar-refractivity contribution in [1.29, 1.82) is 0 Å². The molecule has 2 aromatic carbocycles. The average Bonchev–Trinajstić information content (AvgIpc) is 2.38. The smallest absolute Gasteiger partial charge is 0.492 e. The van der Waals surface area contributed by atoms with E-state index in [1.54, 1.807) is 48.5 Å². The fraction of sp³-hybridized carbons (Fsp3) is 0.0769. The van der Waals surface area contributed by atoms with Crippen LogP contribution in [0.15, 0.2) is 48.5 Å². The van der Waals surface area contributed by atoms with Crippen molar-refractivity contribution in [3.05, 3.63) is 54.1 Å². The maximum Gasteiger partial charge on any atom is 0.492 e. The fourth-order valence-corrected chi connectivity index (χ4v) is 1.58.